The zero-order chi connectivity index (χ0) is 24.1. The van der Waals surface area contributed by atoms with Crippen LogP contribution in [-0.4, -0.2) is 20.4 Å². The van der Waals surface area contributed by atoms with Crippen LogP contribution in [-0.2, 0) is 10.0 Å². The number of carbonyl (C=O) groups excluding carboxylic acids is 2. The molecule has 4 aromatic carbocycles. The van der Waals surface area contributed by atoms with Gasteiger partial charge in [-0.3, -0.25) is 9.52 Å². The van der Waals surface area contributed by atoms with Crippen molar-refractivity contribution in [2.75, 3.05) is 5.32 Å². The maximum atomic E-state index is 12.4. The number of anilines is 1. The Labute approximate surface area is 201 Å². The van der Waals surface area contributed by atoms with Crippen molar-refractivity contribution in [3.63, 3.8) is 0 Å². The molecule has 0 atom stereocenters. The van der Waals surface area contributed by atoms with E-state index in [-0.39, 0.29) is 10.5 Å². The van der Waals surface area contributed by atoms with Gasteiger partial charge in [0.2, 0.25) is 0 Å². The number of benzene rings is 4. The summed E-state index contributed by atoms with van der Waals surface area (Å²) < 4.78 is 29.6. The molecule has 0 fully saturated rings. The second kappa shape index (κ2) is 9.98. The molecule has 3 amide bonds. The molecule has 0 aromatic heterocycles. The molecule has 34 heavy (non-hydrogen) atoms. The van der Waals surface area contributed by atoms with Crippen molar-refractivity contribution in [3.05, 3.63) is 102 Å². The Morgan fingerprint density at radius 2 is 1.47 bits per heavy atom. The summed E-state index contributed by atoms with van der Waals surface area (Å²) >= 11 is 1.18. The number of hydrogen-bond donors (Lipinski definition) is 3. The highest BCUT2D eigenvalue weighted by Crippen LogP contribution is 2.22. The molecule has 7 nitrogen and oxygen atoms in total. The van der Waals surface area contributed by atoms with Crippen molar-refractivity contribution < 1.29 is 18.0 Å². The molecule has 4 rings (SSSR count). The summed E-state index contributed by atoms with van der Waals surface area (Å²) in [5, 5.41) is 4.87. The first kappa shape index (κ1) is 23.3. The lowest BCUT2D eigenvalue weighted by Gasteiger charge is -2.09. The fourth-order valence-electron chi connectivity index (χ4n) is 3.16. The van der Waals surface area contributed by atoms with E-state index in [1.165, 1.54) is 48.3 Å². The van der Waals surface area contributed by atoms with Gasteiger partial charge in [-0.15, -0.1) is 0 Å². The summed E-state index contributed by atoms with van der Waals surface area (Å²) in [6, 6.07) is 25.5. The molecule has 3 N–H and O–H groups in total. The third-order valence-electron chi connectivity index (χ3n) is 4.95. The molecule has 0 spiro atoms. The molecule has 9 heteroatoms. The van der Waals surface area contributed by atoms with Gasteiger partial charge in [0.25, 0.3) is 15.9 Å². The molecule has 0 unspecified atom stereocenters. The molecule has 0 aliphatic heterocycles. The van der Waals surface area contributed by atoms with Gasteiger partial charge in [0.05, 0.1) is 4.90 Å². The van der Waals surface area contributed by atoms with Crippen LogP contribution in [0.5, 0.6) is 0 Å². The van der Waals surface area contributed by atoms with Gasteiger partial charge in [-0.2, -0.15) is 0 Å². The Kier molecular flexibility index (Phi) is 6.85. The van der Waals surface area contributed by atoms with Gasteiger partial charge in [0.1, 0.15) is 0 Å². The topological polar surface area (TPSA) is 104 Å². The molecule has 0 aliphatic carbocycles. The number of rotatable bonds is 6. The largest absolute Gasteiger partial charge is 0.329 e. The van der Waals surface area contributed by atoms with E-state index in [9.17, 15) is 18.0 Å². The average Bonchev–Trinajstić information content (AvgIpc) is 2.83. The second-order valence-electron chi connectivity index (χ2n) is 7.49. The fourth-order valence-corrected chi connectivity index (χ4v) is 4.71. The molecule has 0 saturated heterocycles. The SMILES string of the molecule is Cc1ccc(S(=O)(=O)NC(=O)c2ccc(NC(=O)NSc3ccc4ccccc4c3)cc2)cc1. The number of fused-ring (bicyclic) bond motifs is 1. The third kappa shape index (κ3) is 5.75. The van der Waals surface area contributed by atoms with Crippen LogP contribution < -0.4 is 14.8 Å². The third-order valence-corrected chi connectivity index (χ3v) is 7.07. The van der Waals surface area contributed by atoms with Crippen LogP contribution >= 0.6 is 11.9 Å². The molecule has 0 saturated carbocycles. The molecule has 0 aliphatic rings. The quantitative estimate of drug-likeness (QED) is 0.326. The Morgan fingerprint density at radius 1 is 0.794 bits per heavy atom. The number of carbonyl (C=O) groups is 2. The second-order valence-corrected chi connectivity index (χ2v) is 10.1. The van der Waals surface area contributed by atoms with Crippen LogP contribution in [0.2, 0.25) is 0 Å². The van der Waals surface area contributed by atoms with Crippen molar-refractivity contribution in [3.8, 4) is 0 Å². The van der Waals surface area contributed by atoms with E-state index in [1.807, 2.05) is 54.1 Å². The molecular weight excluding hydrogens is 470 g/mol. The Bertz CT molecular complexity index is 1450. The van der Waals surface area contributed by atoms with E-state index in [0.29, 0.717) is 5.69 Å². The van der Waals surface area contributed by atoms with Gasteiger partial charge in [0.15, 0.2) is 0 Å². The predicted octanol–water partition coefficient (Wildman–Crippen LogP) is 5.10. The van der Waals surface area contributed by atoms with Gasteiger partial charge < -0.3 is 5.32 Å². The first-order valence-electron chi connectivity index (χ1n) is 10.3. The van der Waals surface area contributed by atoms with Crippen molar-refractivity contribution in [1.29, 1.82) is 0 Å². The van der Waals surface area contributed by atoms with Crippen molar-refractivity contribution in [2.24, 2.45) is 0 Å². The van der Waals surface area contributed by atoms with Gasteiger partial charge in [-0.1, -0.05) is 48.0 Å². The van der Waals surface area contributed by atoms with Crippen LogP contribution in [0.25, 0.3) is 10.8 Å². The zero-order valence-electron chi connectivity index (χ0n) is 18.1. The summed E-state index contributed by atoms with van der Waals surface area (Å²) in [4.78, 5) is 25.5. The van der Waals surface area contributed by atoms with E-state index in [2.05, 4.69) is 10.0 Å². The highest BCUT2D eigenvalue weighted by molar-refractivity contribution is 7.98. The summed E-state index contributed by atoms with van der Waals surface area (Å²) in [5.41, 5.74) is 1.51. The molecule has 0 bridgehead atoms. The smallest absolute Gasteiger partial charge is 0.307 e. The normalized spacial score (nSPS) is 11.1. The molecule has 0 radical (unpaired) electrons. The standard InChI is InChI=1S/C25H21N3O4S2/c1-17-6-14-23(15-7-17)34(31,32)28-24(29)19-8-11-21(12-9-19)26-25(30)27-33-22-13-10-18-4-2-3-5-20(18)16-22/h2-16H,1H3,(H,28,29)(H2,26,27,30). The van der Waals surface area contributed by atoms with Crippen LogP contribution in [0.1, 0.15) is 15.9 Å². The minimum absolute atomic E-state index is 0.00493. The lowest BCUT2D eigenvalue weighted by Crippen LogP contribution is -2.30. The van der Waals surface area contributed by atoms with Crippen LogP contribution in [0.15, 0.2) is 101 Å². The van der Waals surface area contributed by atoms with E-state index in [1.54, 1.807) is 12.1 Å². The summed E-state index contributed by atoms with van der Waals surface area (Å²) in [5.74, 6) is -0.761. The number of urea groups is 1. The molecular formula is C25H21N3O4S2. The monoisotopic (exact) mass is 491 g/mol. The minimum atomic E-state index is -3.98. The van der Waals surface area contributed by atoms with Crippen LogP contribution in [0.3, 0.4) is 0 Å². The van der Waals surface area contributed by atoms with Gasteiger partial charge in [0, 0.05) is 16.1 Å². The van der Waals surface area contributed by atoms with Crippen LogP contribution in [0.4, 0.5) is 10.5 Å². The van der Waals surface area contributed by atoms with E-state index < -0.39 is 22.0 Å². The Hall–Kier alpha value is -3.82. The summed E-state index contributed by atoms with van der Waals surface area (Å²) in [7, 11) is -3.98. The maximum absolute atomic E-state index is 12.4. The highest BCUT2D eigenvalue weighted by Gasteiger charge is 2.18. The Morgan fingerprint density at radius 3 is 2.18 bits per heavy atom. The Balaban J connectivity index is 1.33. The lowest BCUT2D eigenvalue weighted by atomic mass is 10.1. The predicted molar refractivity (Wildman–Crippen MR) is 134 cm³/mol. The van der Waals surface area contributed by atoms with Gasteiger partial charge in [-0.05, 0) is 78.2 Å². The van der Waals surface area contributed by atoms with Crippen molar-refractivity contribution >= 4 is 50.4 Å². The minimum Gasteiger partial charge on any atom is -0.307 e. The van der Waals surface area contributed by atoms with Gasteiger partial charge >= 0.3 is 6.03 Å². The van der Waals surface area contributed by atoms with Crippen LogP contribution in [0, 0.1) is 6.92 Å². The van der Waals surface area contributed by atoms with Crippen molar-refractivity contribution in [2.45, 2.75) is 16.7 Å². The summed E-state index contributed by atoms with van der Waals surface area (Å²) in [6.07, 6.45) is 0. The first-order valence-corrected chi connectivity index (χ1v) is 12.6. The maximum Gasteiger partial charge on any atom is 0.329 e. The lowest BCUT2D eigenvalue weighted by molar-refractivity contribution is 0.0981. The summed E-state index contributed by atoms with van der Waals surface area (Å²) in [6.45, 7) is 1.84. The first-order chi connectivity index (χ1) is 16.3. The number of sulfonamides is 1. The molecule has 172 valence electrons. The average molecular weight is 492 g/mol. The number of nitrogens with one attached hydrogen (secondary N) is 3. The molecule has 4 aromatic rings. The molecule has 0 heterocycles. The highest BCUT2D eigenvalue weighted by atomic mass is 32.2. The number of aryl methyl sites for hydroxylation is 1. The van der Waals surface area contributed by atoms with E-state index in [0.717, 1.165) is 21.2 Å². The van der Waals surface area contributed by atoms with E-state index in [4.69, 9.17) is 0 Å². The fraction of sp³-hybridized carbons (Fsp3) is 0.0400. The van der Waals surface area contributed by atoms with Gasteiger partial charge in [-0.25, -0.2) is 17.9 Å². The van der Waals surface area contributed by atoms with Crippen molar-refractivity contribution in [1.82, 2.24) is 9.44 Å². The number of hydrogen-bond acceptors (Lipinski definition) is 5. The van der Waals surface area contributed by atoms with E-state index >= 15 is 0 Å². The number of amides is 3. The zero-order valence-corrected chi connectivity index (χ0v) is 19.7.